The fourth-order valence-electron chi connectivity index (χ4n) is 2.69. The third kappa shape index (κ3) is 4.22. The molecule has 3 nitrogen and oxygen atoms in total. The average Bonchev–Trinajstić information content (AvgIpc) is 3.00. The summed E-state index contributed by atoms with van der Waals surface area (Å²) in [4.78, 5) is 0. The van der Waals surface area contributed by atoms with Gasteiger partial charge in [0.15, 0.2) is 0 Å². The van der Waals surface area contributed by atoms with Crippen molar-refractivity contribution in [2.45, 2.75) is 39.2 Å². The van der Waals surface area contributed by atoms with Crippen molar-refractivity contribution in [1.82, 2.24) is 5.32 Å². The Hall–Kier alpha value is -1.06. The lowest BCUT2D eigenvalue weighted by Gasteiger charge is -2.24. The van der Waals surface area contributed by atoms with Gasteiger partial charge in [0.05, 0.1) is 13.2 Å². The Morgan fingerprint density at radius 2 is 2.25 bits per heavy atom. The molecule has 1 aliphatic rings. The lowest BCUT2D eigenvalue weighted by atomic mass is 9.92. The van der Waals surface area contributed by atoms with Crippen molar-refractivity contribution in [3.8, 4) is 5.75 Å². The molecule has 1 fully saturated rings. The molecule has 1 N–H and O–H groups in total. The van der Waals surface area contributed by atoms with Crippen molar-refractivity contribution in [3.63, 3.8) is 0 Å². The number of ether oxygens (including phenoxy) is 2. The van der Waals surface area contributed by atoms with Crippen molar-refractivity contribution in [2.75, 3.05) is 26.4 Å². The van der Waals surface area contributed by atoms with Crippen LogP contribution in [0.4, 0.5) is 0 Å². The molecule has 0 amide bonds. The molecule has 2 unspecified atom stereocenters. The predicted molar refractivity (Wildman–Crippen MR) is 82.2 cm³/mol. The van der Waals surface area contributed by atoms with Gasteiger partial charge in [0.2, 0.25) is 0 Å². The summed E-state index contributed by atoms with van der Waals surface area (Å²) in [7, 11) is 0. The molecule has 0 aromatic heterocycles. The fourth-order valence-corrected chi connectivity index (χ4v) is 2.69. The largest absolute Gasteiger partial charge is 0.494 e. The third-order valence-electron chi connectivity index (χ3n) is 3.74. The van der Waals surface area contributed by atoms with E-state index < -0.39 is 0 Å². The Morgan fingerprint density at radius 3 is 2.95 bits per heavy atom. The highest BCUT2D eigenvalue weighted by molar-refractivity contribution is 5.31. The second kappa shape index (κ2) is 8.28. The van der Waals surface area contributed by atoms with Crippen LogP contribution in [0.2, 0.25) is 0 Å². The molecule has 1 saturated heterocycles. The Balaban J connectivity index is 2.09. The van der Waals surface area contributed by atoms with Gasteiger partial charge in [0.25, 0.3) is 0 Å². The van der Waals surface area contributed by atoms with Crippen LogP contribution in [0.5, 0.6) is 5.75 Å². The van der Waals surface area contributed by atoms with Gasteiger partial charge in [-0.1, -0.05) is 26.0 Å². The summed E-state index contributed by atoms with van der Waals surface area (Å²) in [6, 6.07) is 8.90. The number of hydrogen-bond donors (Lipinski definition) is 1. The third-order valence-corrected chi connectivity index (χ3v) is 3.74. The number of nitrogens with one attached hydrogen (secondary N) is 1. The van der Waals surface area contributed by atoms with E-state index in [1.807, 2.05) is 6.07 Å². The lowest BCUT2D eigenvalue weighted by molar-refractivity contribution is 0.176. The number of benzene rings is 1. The van der Waals surface area contributed by atoms with E-state index in [0.717, 1.165) is 51.4 Å². The Labute approximate surface area is 122 Å². The van der Waals surface area contributed by atoms with Crippen molar-refractivity contribution in [2.24, 2.45) is 5.92 Å². The molecule has 1 aliphatic heterocycles. The van der Waals surface area contributed by atoms with Crippen molar-refractivity contribution in [1.29, 1.82) is 0 Å². The van der Waals surface area contributed by atoms with Crippen LogP contribution in [-0.2, 0) is 4.74 Å². The molecule has 0 saturated carbocycles. The standard InChI is InChI=1S/C17H27NO2/c1-3-9-18-17(15-8-11-19-13-15)14-6-5-7-16(12-14)20-10-4-2/h5-7,12,15,17-18H,3-4,8-11,13H2,1-2H3. The quantitative estimate of drug-likeness (QED) is 0.788. The maximum atomic E-state index is 5.75. The highest BCUT2D eigenvalue weighted by atomic mass is 16.5. The van der Waals surface area contributed by atoms with Gasteiger partial charge in [0.1, 0.15) is 5.75 Å². The summed E-state index contributed by atoms with van der Waals surface area (Å²) in [6.07, 6.45) is 3.33. The minimum absolute atomic E-state index is 0.377. The molecule has 1 heterocycles. The Kier molecular flexibility index (Phi) is 6.34. The van der Waals surface area contributed by atoms with E-state index in [-0.39, 0.29) is 0 Å². The summed E-state index contributed by atoms with van der Waals surface area (Å²) in [5.41, 5.74) is 1.32. The van der Waals surface area contributed by atoms with Crippen LogP contribution in [0, 0.1) is 5.92 Å². The van der Waals surface area contributed by atoms with E-state index >= 15 is 0 Å². The molecular weight excluding hydrogens is 250 g/mol. The monoisotopic (exact) mass is 277 g/mol. The molecule has 20 heavy (non-hydrogen) atoms. The van der Waals surface area contributed by atoms with E-state index in [9.17, 15) is 0 Å². The summed E-state index contributed by atoms with van der Waals surface area (Å²) in [5.74, 6) is 1.55. The van der Waals surface area contributed by atoms with Crippen LogP contribution >= 0.6 is 0 Å². The molecule has 0 bridgehead atoms. The topological polar surface area (TPSA) is 30.5 Å². The minimum Gasteiger partial charge on any atom is -0.494 e. The maximum Gasteiger partial charge on any atom is 0.119 e. The minimum atomic E-state index is 0.377. The van der Waals surface area contributed by atoms with Crippen molar-refractivity contribution in [3.05, 3.63) is 29.8 Å². The van der Waals surface area contributed by atoms with Crippen molar-refractivity contribution < 1.29 is 9.47 Å². The van der Waals surface area contributed by atoms with E-state index in [1.54, 1.807) is 0 Å². The first-order valence-electron chi connectivity index (χ1n) is 7.89. The van der Waals surface area contributed by atoms with Crippen LogP contribution in [0.15, 0.2) is 24.3 Å². The summed E-state index contributed by atoms with van der Waals surface area (Å²) >= 11 is 0. The van der Waals surface area contributed by atoms with Crippen molar-refractivity contribution >= 4 is 0 Å². The SMILES string of the molecule is CCCNC(c1cccc(OCCC)c1)C1CCOC1. The summed E-state index contributed by atoms with van der Waals surface area (Å²) in [5, 5.41) is 3.68. The molecule has 0 radical (unpaired) electrons. The van der Waals surface area contributed by atoms with Crippen LogP contribution in [0.3, 0.4) is 0 Å². The van der Waals surface area contributed by atoms with Gasteiger partial charge in [-0.25, -0.2) is 0 Å². The Morgan fingerprint density at radius 1 is 1.35 bits per heavy atom. The van der Waals surface area contributed by atoms with Crippen LogP contribution in [0.1, 0.15) is 44.7 Å². The van der Waals surface area contributed by atoms with Gasteiger partial charge in [-0.15, -0.1) is 0 Å². The van der Waals surface area contributed by atoms with Crippen LogP contribution in [0.25, 0.3) is 0 Å². The Bertz CT molecular complexity index is 388. The first-order valence-corrected chi connectivity index (χ1v) is 7.89. The molecule has 0 spiro atoms. The second-order valence-corrected chi connectivity index (χ2v) is 5.48. The van der Waals surface area contributed by atoms with E-state index in [0.29, 0.717) is 12.0 Å². The normalized spacial score (nSPS) is 20.0. The molecule has 0 aliphatic carbocycles. The lowest BCUT2D eigenvalue weighted by Crippen LogP contribution is -2.29. The number of rotatable bonds is 8. The molecule has 112 valence electrons. The zero-order chi connectivity index (χ0) is 14.2. The zero-order valence-electron chi connectivity index (χ0n) is 12.7. The highest BCUT2D eigenvalue weighted by Crippen LogP contribution is 2.30. The smallest absolute Gasteiger partial charge is 0.119 e. The van der Waals surface area contributed by atoms with E-state index in [1.165, 1.54) is 5.56 Å². The second-order valence-electron chi connectivity index (χ2n) is 5.48. The van der Waals surface area contributed by atoms with Crippen LogP contribution < -0.4 is 10.1 Å². The first-order chi connectivity index (χ1) is 9.85. The molecule has 1 aromatic carbocycles. The number of hydrogen-bond acceptors (Lipinski definition) is 3. The molecule has 2 atom stereocenters. The molecular formula is C17H27NO2. The van der Waals surface area contributed by atoms with Crippen LogP contribution in [-0.4, -0.2) is 26.4 Å². The molecule has 2 rings (SSSR count). The summed E-state index contributed by atoms with van der Waals surface area (Å²) in [6.45, 7) is 7.91. The van der Waals surface area contributed by atoms with Gasteiger partial charge in [-0.3, -0.25) is 0 Å². The maximum absolute atomic E-state index is 5.75. The van der Waals surface area contributed by atoms with Gasteiger partial charge in [0, 0.05) is 18.6 Å². The molecule has 1 aromatic rings. The first kappa shape index (κ1) is 15.3. The molecule has 3 heteroatoms. The zero-order valence-corrected chi connectivity index (χ0v) is 12.7. The van der Waals surface area contributed by atoms with E-state index in [2.05, 4.69) is 37.4 Å². The van der Waals surface area contributed by atoms with Gasteiger partial charge < -0.3 is 14.8 Å². The van der Waals surface area contributed by atoms with E-state index in [4.69, 9.17) is 9.47 Å². The van der Waals surface area contributed by atoms with Gasteiger partial charge in [-0.2, -0.15) is 0 Å². The average molecular weight is 277 g/mol. The van der Waals surface area contributed by atoms with Gasteiger partial charge >= 0.3 is 0 Å². The van der Waals surface area contributed by atoms with Gasteiger partial charge in [-0.05, 0) is 43.5 Å². The fraction of sp³-hybridized carbons (Fsp3) is 0.647. The highest BCUT2D eigenvalue weighted by Gasteiger charge is 2.26. The predicted octanol–water partition coefficient (Wildman–Crippen LogP) is 3.55. The summed E-state index contributed by atoms with van der Waals surface area (Å²) < 4.78 is 11.3.